The van der Waals surface area contributed by atoms with E-state index in [0.29, 0.717) is 19.5 Å². The fourth-order valence-electron chi connectivity index (χ4n) is 1.71. The van der Waals surface area contributed by atoms with Crippen LogP contribution in [0.15, 0.2) is 0 Å². The largest absolute Gasteiger partial charge is 0.481 e. The van der Waals surface area contributed by atoms with Gasteiger partial charge in [0.2, 0.25) is 5.91 Å². The summed E-state index contributed by atoms with van der Waals surface area (Å²) in [5.41, 5.74) is -1.00. The Morgan fingerprint density at radius 2 is 1.67 bits per heavy atom. The number of nitrogens with zero attached hydrogens (tertiary/aromatic N) is 2. The van der Waals surface area contributed by atoms with Crippen molar-refractivity contribution in [3.63, 3.8) is 0 Å². The smallest absolute Gasteiger partial charge is 0.317 e. The van der Waals surface area contributed by atoms with Gasteiger partial charge in [0.1, 0.15) is 6.54 Å². The predicted octanol–water partition coefficient (Wildman–Crippen LogP) is 0.997. The average Bonchev–Trinajstić information content (AvgIpc) is 2.45. The number of likely N-dealkylation sites (N-methyl/N-ethyl adjacent to an activating group) is 2. The lowest BCUT2D eigenvalue weighted by Crippen LogP contribution is -2.48. The molecule has 0 saturated carbocycles. The molecule has 0 bridgehead atoms. The second kappa shape index (κ2) is 8.49. The van der Waals surface area contributed by atoms with Gasteiger partial charge in [-0.2, -0.15) is 0 Å². The molecular weight excluding hydrogens is 274 g/mol. The van der Waals surface area contributed by atoms with Crippen LogP contribution < -0.4 is 5.32 Å². The van der Waals surface area contributed by atoms with Gasteiger partial charge in [-0.3, -0.25) is 9.59 Å². The monoisotopic (exact) mass is 301 g/mol. The first-order valence-electron chi connectivity index (χ1n) is 7.21. The molecule has 1 atom stereocenters. The molecule has 3 amide bonds. The number of carbonyl (C=O) groups excluding carboxylic acids is 2. The van der Waals surface area contributed by atoms with E-state index in [1.807, 2.05) is 13.8 Å². The lowest BCUT2D eigenvalue weighted by Gasteiger charge is -2.26. The Bertz CT molecular complexity index is 382. The van der Waals surface area contributed by atoms with Crippen LogP contribution in [-0.2, 0) is 9.59 Å². The van der Waals surface area contributed by atoms with Gasteiger partial charge in [-0.05, 0) is 27.2 Å². The van der Waals surface area contributed by atoms with E-state index in [9.17, 15) is 14.4 Å². The Morgan fingerprint density at radius 1 is 1.14 bits per heavy atom. The highest BCUT2D eigenvalue weighted by atomic mass is 16.4. The fraction of sp³-hybridized carbons (Fsp3) is 0.786. The lowest BCUT2D eigenvalue weighted by atomic mass is 9.88. The summed E-state index contributed by atoms with van der Waals surface area (Å²) in [4.78, 5) is 37.9. The Morgan fingerprint density at radius 3 is 2.05 bits per heavy atom. The zero-order valence-corrected chi connectivity index (χ0v) is 13.6. The van der Waals surface area contributed by atoms with E-state index >= 15 is 0 Å². The molecule has 0 heterocycles. The summed E-state index contributed by atoms with van der Waals surface area (Å²) in [6.07, 6.45) is 0.407. The minimum atomic E-state index is -1.00. The molecule has 122 valence electrons. The molecule has 0 aliphatic rings. The molecule has 1 unspecified atom stereocenters. The number of carboxylic acid groups (broad SMARTS) is 1. The Balaban J connectivity index is 4.47. The molecule has 0 saturated heterocycles. The molecule has 0 aromatic heterocycles. The number of rotatable bonds is 8. The van der Waals surface area contributed by atoms with Gasteiger partial charge in [-0.25, -0.2) is 4.79 Å². The highest BCUT2D eigenvalue weighted by Gasteiger charge is 2.32. The van der Waals surface area contributed by atoms with Gasteiger partial charge in [0, 0.05) is 26.7 Å². The van der Waals surface area contributed by atoms with Crippen molar-refractivity contribution in [2.24, 2.45) is 5.41 Å². The highest BCUT2D eigenvalue weighted by molar-refractivity contribution is 5.84. The van der Waals surface area contributed by atoms with Crippen molar-refractivity contribution in [3.8, 4) is 0 Å². The Kier molecular flexibility index (Phi) is 7.76. The van der Waals surface area contributed by atoms with Crippen molar-refractivity contribution in [2.75, 3.05) is 33.2 Å². The van der Waals surface area contributed by atoms with Gasteiger partial charge in [0.15, 0.2) is 0 Å². The topological polar surface area (TPSA) is 90.0 Å². The third-order valence-corrected chi connectivity index (χ3v) is 3.76. The number of carboxylic acids is 1. The normalized spacial score (nSPS) is 13.2. The van der Waals surface area contributed by atoms with E-state index in [1.54, 1.807) is 18.7 Å². The number of hydrogen-bond acceptors (Lipinski definition) is 3. The van der Waals surface area contributed by atoms with Crippen LogP contribution in [-0.4, -0.2) is 66.0 Å². The zero-order valence-electron chi connectivity index (χ0n) is 13.6. The van der Waals surface area contributed by atoms with Gasteiger partial charge < -0.3 is 20.2 Å². The van der Waals surface area contributed by atoms with Gasteiger partial charge in [-0.1, -0.05) is 6.92 Å². The van der Waals surface area contributed by atoms with Crippen LogP contribution in [0.25, 0.3) is 0 Å². The standard InChI is InChI=1S/C14H27N3O4/c1-6-14(4,12(19)20)10-15-13(21)16(5)9-11(18)17(7-2)8-3/h6-10H2,1-5H3,(H,15,21)(H,19,20). The maximum Gasteiger partial charge on any atom is 0.317 e. The van der Waals surface area contributed by atoms with E-state index in [4.69, 9.17) is 5.11 Å². The molecule has 0 aliphatic heterocycles. The van der Waals surface area contributed by atoms with Crippen molar-refractivity contribution in [1.29, 1.82) is 0 Å². The van der Waals surface area contributed by atoms with Crippen LogP contribution in [0, 0.1) is 5.41 Å². The summed E-state index contributed by atoms with van der Waals surface area (Å²) < 4.78 is 0. The average molecular weight is 301 g/mol. The molecule has 0 aromatic rings. The second-order valence-corrected chi connectivity index (χ2v) is 5.30. The molecule has 21 heavy (non-hydrogen) atoms. The van der Waals surface area contributed by atoms with E-state index in [1.165, 1.54) is 11.9 Å². The SMILES string of the molecule is CCN(CC)C(=O)CN(C)C(=O)NCC(C)(CC)C(=O)O. The second-order valence-electron chi connectivity index (χ2n) is 5.30. The number of hydrogen-bond donors (Lipinski definition) is 2. The van der Waals surface area contributed by atoms with Crippen molar-refractivity contribution < 1.29 is 19.5 Å². The van der Waals surface area contributed by atoms with Crippen LogP contribution in [0.1, 0.15) is 34.1 Å². The zero-order chi connectivity index (χ0) is 16.6. The summed E-state index contributed by atoms with van der Waals surface area (Å²) in [6, 6.07) is -0.448. The van der Waals surface area contributed by atoms with Gasteiger partial charge >= 0.3 is 12.0 Å². The summed E-state index contributed by atoms with van der Waals surface area (Å²) in [5, 5.41) is 11.7. The van der Waals surface area contributed by atoms with Crippen molar-refractivity contribution in [3.05, 3.63) is 0 Å². The van der Waals surface area contributed by atoms with Gasteiger partial charge in [0.05, 0.1) is 5.41 Å². The van der Waals surface area contributed by atoms with Crippen molar-refractivity contribution in [1.82, 2.24) is 15.1 Å². The first-order chi connectivity index (χ1) is 9.71. The van der Waals surface area contributed by atoms with Gasteiger partial charge in [0.25, 0.3) is 0 Å². The molecule has 0 aromatic carbocycles. The third kappa shape index (κ3) is 5.61. The predicted molar refractivity (Wildman–Crippen MR) is 80.0 cm³/mol. The Labute approximate surface area is 126 Å². The lowest BCUT2D eigenvalue weighted by molar-refractivity contribution is -0.147. The number of nitrogens with one attached hydrogen (secondary N) is 1. The maximum absolute atomic E-state index is 11.9. The van der Waals surface area contributed by atoms with Crippen molar-refractivity contribution >= 4 is 17.9 Å². The molecule has 0 aliphatic carbocycles. The molecular formula is C14H27N3O4. The van der Waals surface area contributed by atoms with E-state index in [-0.39, 0.29) is 19.0 Å². The van der Waals surface area contributed by atoms with E-state index in [0.717, 1.165) is 0 Å². The molecule has 2 N–H and O–H groups in total. The number of aliphatic carboxylic acids is 1. The summed E-state index contributed by atoms with van der Waals surface area (Å²) in [7, 11) is 1.51. The summed E-state index contributed by atoms with van der Waals surface area (Å²) in [5.74, 6) is -1.08. The molecule has 0 rings (SSSR count). The quantitative estimate of drug-likeness (QED) is 0.700. The van der Waals surface area contributed by atoms with Crippen LogP contribution in [0.5, 0.6) is 0 Å². The summed E-state index contributed by atoms with van der Waals surface area (Å²) >= 11 is 0. The van der Waals surface area contributed by atoms with Crippen molar-refractivity contribution in [2.45, 2.75) is 34.1 Å². The van der Waals surface area contributed by atoms with Crippen LogP contribution in [0.4, 0.5) is 4.79 Å². The van der Waals surface area contributed by atoms with E-state index in [2.05, 4.69) is 5.32 Å². The van der Waals surface area contributed by atoms with Crippen LogP contribution >= 0.6 is 0 Å². The first-order valence-corrected chi connectivity index (χ1v) is 7.21. The number of carbonyl (C=O) groups is 3. The molecule has 7 heteroatoms. The summed E-state index contributed by atoms with van der Waals surface area (Å²) in [6.45, 7) is 8.28. The maximum atomic E-state index is 11.9. The minimum Gasteiger partial charge on any atom is -0.481 e. The Hall–Kier alpha value is -1.79. The van der Waals surface area contributed by atoms with Crippen LogP contribution in [0.2, 0.25) is 0 Å². The first kappa shape index (κ1) is 19.2. The number of urea groups is 1. The van der Waals surface area contributed by atoms with E-state index < -0.39 is 17.4 Å². The molecule has 0 spiro atoms. The van der Waals surface area contributed by atoms with Crippen LogP contribution in [0.3, 0.4) is 0 Å². The fourth-order valence-corrected chi connectivity index (χ4v) is 1.71. The highest BCUT2D eigenvalue weighted by Crippen LogP contribution is 2.19. The molecule has 0 fully saturated rings. The third-order valence-electron chi connectivity index (χ3n) is 3.76. The molecule has 0 radical (unpaired) electrons. The molecule has 7 nitrogen and oxygen atoms in total. The minimum absolute atomic E-state index is 0.0244. The number of amides is 3. The van der Waals surface area contributed by atoms with Gasteiger partial charge in [-0.15, -0.1) is 0 Å².